The number of rotatable bonds is 5. The van der Waals surface area contributed by atoms with Crippen LogP contribution in [-0.2, 0) is 0 Å². The van der Waals surface area contributed by atoms with Gasteiger partial charge >= 0.3 is 0 Å². The molecule has 0 aromatic carbocycles. The highest BCUT2D eigenvalue weighted by Crippen LogP contribution is 2.28. The topological polar surface area (TPSA) is 48.1 Å². The van der Waals surface area contributed by atoms with E-state index in [2.05, 4.69) is 44.9 Å². The fourth-order valence-electron chi connectivity index (χ4n) is 3.24. The molecule has 2 aromatic rings. The van der Waals surface area contributed by atoms with Gasteiger partial charge in [-0.25, -0.2) is 9.97 Å². The lowest BCUT2D eigenvalue weighted by molar-refractivity contribution is 0.331. The van der Waals surface area contributed by atoms with Crippen LogP contribution in [0.1, 0.15) is 25.7 Å². The Hall–Kier alpha value is -1.62. The molecular formula is C16H25N5. The summed E-state index contributed by atoms with van der Waals surface area (Å²) in [5, 5.41) is 1.14. The summed E-state index contributed by atoms with van der Waals surface area (Å²) in [6, 6.07) is 2.08. The van der Waals surface area contributed by atoms with E-state index >= 15 is 0 Å². The second-order valence-corrected chi connectivity index (χ2v) is 6.31. The smallest absolute Gasteiger partial charge is 0.142 e. The highest BCUT2D eigenvalue weighted by Gasteiger charge is 2.21. The Kier molecular flexibility index (Phi) is 4.39. The second-order valence-electron chi connectivity index (χ2n) is 6.31. The molecule has 1 saturated heterocycles. The van der Waals surface area contributed by atoms with E-state index < -0.39 is 0 Å². The van der Waals surface area contributed by atoms with Crippen molar-refractivity contribution in [3.8, 4) is 0 Å². The van der Waals surface area contributed by atoms with Crippen molar-refractivity contribution in [2.75, 3.05) is 38.6 Å². The molecule has 1 aliphatic heterocycles. The van der Waals surface area contributed by atoms with Gasteiger partial charge in [-0.3, -0.25) is 0 Å². The first-order valence-electron chi connectivity index (χ1n) is 7.92. The van der Waals surface area contributed by atoms with Gasteiger partial charge in [-0.15, -0.1) is 0 Å². The molecule has 5 heteroatoms. The zero-order valence-electron chi connectivity index (χ0n) is 13.0. The molecule has 1 N–H and O–H groups in total. The van der Waals surface area contributed by atoms with Gasteiger partial charge in [0, 0.05) is 19.3 Å². The molecule has 0 atom stereocenters. The number of H-pyrrole nitrogens is 1. The van der Waals surface area contributed by atoms with Crippen molar-refractivity contribution in [3.05, 3.63) is 18.6 Å². The van der Waals surface area contributed by atoms with E-state index in [0.717, 1.165) is 35.9 Å². The molecule has 1 aliphatic rings. The predicted octanol–water partition coefficient (Wildman–Crippen LogP) is 2.52. The normalized spacial score (nSPS) is 17.0. The number of nitrogens with one attached hydrogen (secondary N) is 1. The highest BCUT2D eigenvalue weighted by atomic mass is 15.2. The third-order valence-electron chi connectivity index (χ3n) is 4.46. The second kappa shape index (κ2) is 6.43. The monoisotopic (exact) mass is 287 g/mol. The van der Waals surface area contributed by atoms with Gasteiger partial charge in [-0.2, -0.15) is 0 Å². The van der Waals surface area contributed by atoms with Gasteiger partial charge in [0.05, 0.1) is 5.39 Å². The summed E-state index contributed by atoms with van der Waals surface area (Å²) in [7, 11) is 4.31. The Labute approximate surface area is 126 Å². The van der Waals surface area contributed by atoms with E-state index in [9.17, 15) is 0 Å². The Morgan fingerprint density at radius 2 is 2.10 bits per heavy atom. The fourth-order valence-corrected chi connectivity index (χ4v) is 3.24. The molecule has 3 heterocycles. The lowest BCUT2D eigenvalue weighted by atomic mass is 9.92. The Bertz CT molecular complexity index is 569. The van der Waals surface area contributed by atoms with Gasteiger partial charge in [-0.1, -0.05) is 0 Å². The molecule has 114 valence electrons. The molecule has 3 rings (SSSR count). The van der Waals surface area contributed by atoms with Crippen LogP contribution in [-0.4, -0.2) is 53.6 Å². The van der Waals surface area contributed by atoms with Crippen LogP contribution >= 0.6 is 0 Å². The molecule has 21 heavy (non-hydrogen) atoms. The van der Waals surface area contributed by atoms with Crippen LogP contribution in [0.2, 0.25) is 0 Å². The Balaban J connectivity index is 1.57. The number of hydrogen-bond acceptors (Lipinski definition) is 4. The first-order chi connectivity index (χ1) is 10.2. The van der Waals surface area contributed by atoms with Crippen molar-refractivity contribution in [1.82, 2.24) is 19.9 Å². The average molecular weight is 287 g/mol. The van der Waals surface area contributed by atoms with E-state index in [1.807, 2.05) is 6.20 Å². The summed E-state index contributed by atoms with van der Waals surface area (Å²) in [5.41, 5.74) is 0.938. The minimum Gasteiger partial charge on any atom is -0.356 e. The maximum absolute atomic E-state index is 4.50. The largest absolute Gasteiger partial charge is 0.356 e. The number of fused-ring (bicyclic) bond motifs is 1. The van der Waals surface area contributed by atoms with E-state index in [4.69, 9.17) is 0 Å². The number of piperidine rings is 1. The van der Waals surface area contributed by atoms with Crippen LogP contribution in [0.25, 0.3) is 11.0 Å². The summed E-state index contributed by atoms with van der Waals surface area (Å²) in [6.07, 6.45) is 8.84. The van der Waals surface area contributed by atoms with Crippen molar-refractivity contribution in [3.63, 3.8) is 0 Å². The Morgan fingerprint density at radius 3 is 2.86 bits per heavy atom. The fraction of sp³-hybridized carbons (Fsp3) is 0.625. The summed E-state index contributed by atoms with van der Waals surface area (Å²) < 4.78 is 0. The molecule has 2 aromatic heterocycles. The van der Waals surface area contributed by atoms with Crippen molar-refractivity contribution in [2.45, 2.75) is 25.7 Å². The average Bonchev–Trinajstić information content (AvgIpc) is 2.96. The van der Waals surface area contributed by atoms with Crippen molar-refractivity contribution < 1.29 is 0 Å². The SMILES string of the molecule is CN(C)CCCC1CCN(c2ncnc3[nH]ccc23)CC1. The molecule has 0 radical (unpaired) electrons. The number of anilines is 1. The summed E-state index contributed by atoms with van der Waals surface area (Å²) in [5.74, 6) is 1.97. The van der Waals surface area contributed by atoms with E-state index in [1.165, 1.54) is 32.2 Å². The minimum absolute atomic E-state index is 0.879. The number of aromatic nitrogens is 3. The van der Waals surface area contributed by atoms with Gasteiger partial charge in [0.2, 0.25) is 0 Å². The molecule has 0 bridgehead atoms. The van der Waals surface area contributed by atoms with E-state index in [0.29, 0.717) is 0 Å². The van der Waals surface area contributed by atoms with Crippen LogP contribution < -0.4 is 4.90 Å². The van der Waals surface area contributed by atoms with Gasteiger partial charge in [0.25, 0.3) is 0 Å². The zero-order chi connectivity index (χ0) is 14.7. The molecule has 0 aliphatic carbocycles. The third-order valence-corrected chi connectivity index (χ3v) is 4.46. The van der Waals surface area contributed by atoms with Crippen molar-refractivity contribution >= 4 is 16.9 Å². The number of nitrogens with zero attached hydrogens (tertiary/aromatic N) is 4. The van der Waals surface area contributed by atoms with E-state index in [1.54, 1.807) is 6.33 Å². The maximum Gasteiger partial charge on any atom is 0.142 e. The molecule has 0 unspecified atom stereocenters. The highest BCUT2D eigenvalue weighted by molar-refractivity contribution is 5.87. The molecular weight excluding hydrogens is 262 g/mol. The maximum atomic E-state index is 4.50. The summed E-state index contributed by atoms with van der Waals surface area (Å²) >= 11 is 0. The lowest BCUT2D eigenvalue weighted by Crippen LogP contribution is -2.34. The van der Waals surface area contributed by atoms with E-state index in [-0.39, 0.29) is 0 Å². The van der Waals surface area contributed by atoms with Crippen molar-refractivity contribution in [1.29, 1.82) is 0 Å². The number of hydrogen-bond donors (Lipinski definition) is 1. The van der Waals surface area contributed by atoms with Gasteiger partial charge in [0.1, 0.15) is 17.8 Å². The Morgan fingerprint density at radius 1 is 1.29 bits per heavy atom. The van der Waals surface area contributed by atoms with Gasteiger partial charge in [-0.05, 0) is 58.3 Å². The minimum atomic E-state index is 0.879. The van der Waals surface area contributed by atoms with Gasteiger partial charge < -0.3 is 14.8 Å². The molecule has 0 saturated carbocycles. The predicted molar refractivity (Wildman–Crippen MR) is 86.6 cm³/mol. The zero-order valence-corrected chi connectivity index (χ0v) is 13.0. The summed E-state index contributed by atoms with van der Waals surface area (Å²) in [4.78, 5) is 16.6. The van der Waals surface area contributed by atoms with Crippen LogP contribution in [0.3, 0.4) is 0 Å². The molecule has 0 spiro atoms. The van der Waals surface area contributed by atoms with Crippen LogP contribution in [0.4, 0.5) is 5.82 Å². The van der Waals surface area contributed by atoms with Crippen LogP contribution in [0.15, 0.2) is 18.6 Å². The van der Waals surface area contributed by atoms with Crippen LogP contribution in [0.5, 0.6) is 0 Å². The molecule has 5 nitrogen and oxygen atoms in total. The van der Waals surface area contributed by atoms with Gasteiger partial charge in [0.15, 0.2) is 0 Å². The quantitative estimate of drug-likeness (QED) is 0.918. The molecule has 1 fully saturated rings. The molecule has 0 amide bonds. The standard InChI is InChI=1S/C16H25N5/c1-20(2)9-3-4-13-6-10-21(11-7-13)16-14-5-8-17-15(14)18-12-19-16/h5,8,12-13H,3-4,6-7,9-11H2,1-2H3,(H,17,18,19). The van der Waals surface area contributed by atoms with Crippen LogP contribution in [0, 0.1) is 5.92 Å². The summed E-state index contributed by atoms with van der Waals surface area (Å²) in [6.45, 7) is 3.43. The first kappa shape index (κ1) is 14.3. The third kappa shape index (κ3) is 3.35. The lowest BCUT2D eigenvalue weighted by Gasteiger charge is -2.33. The van der Waals surface area contributed by atoms with Crippen molar-refractivity contribution in [2.24, 2.45) is 5.92 Å². The first-order valence-corrected chi connectivity index (χ1v) is 7.92. The number of aromatic amines is 1.